The molecule has 0 atom stereocenters. The summed E-state index contributed by atoms with van der Waals surface area (Å²) in [6, 6.07) is 7.38. The second-order valence-electron chi connectivity index (χ2n) is 5.11. The summed E-state index contributed by atoms with van der Waals surface area (Å²) in [7, 11) is 3.57. The summed E-state index contributed by atoms with van der Waals surface area (Å²) in [6.45, 7) is 4.19. The van der Waals surface area contributed by atoms with Gasteiger partial charge in [-0.25, -0.2) is 4.79 Å². The topological polar surface area (TPSA) is 47.0 Å². The number of phenols is 1. The van der Waals surface area contributed by atoms with Crippen molar-refractivity contribution in [3.05, 3.63) is 29.8 Å². The number of hydrogen-bond donors (Lipinski definition) is 1. The van der Waals surface area contributed by atoms with Crippen LogP contribution < -0.4 is 0 Å². The number of carbonyl (C=O) groups excluding carboxylic acids is 1. The Labute approximate surface area is 114 Å². The van der Waals surface area contributed by atoms with Crippen LogP contribution in [0.25, 0.3) is 0 Å². The fourth-order valence-corrected chi connectivity index (χ4v) is 2.24. The summed E-state index contributed by atoms with van der Waals surface area (Å²) in [4.78, 5) is 17.6. The second-order valence-corrected chi connectivity index (χ2v) is 5.11. The van der Waals surface area contributed by atoms with E-state index in [1.807, 2.05) is 17.0 Å². The van der Waals surface area contributed by atoms with Gasteiger partial charge in [-0.3, -0.25) is 4.90 Å². The summed E-state index contributed by atoms with van der Waals surface area (Å²) in [6.07, 6.45) is 0. The zero-order chi connectivity index (χ0) is 13.8. The lowest BCUT2D eigenvalue weighted by Crippen LogP contribution is -2.51. The van der Waals surface area contributed by atoms with Crippen molar-refractivity contribution in [2.45, 2.75) is 6.54 Å². The van der Waals surface area contributed by atoms with E-state index >= 15 is 0 Å². The van der Waals surface area contributed by atoms with Gasteiger partial charge in [0.25, 0.3) is 0 Å². The molecule has 0 radical (unpaired) electrons. The summed E-state index contributed by atoms with van der Waals surface area (Å²) < 4.78 is 0. The Kier molecular flexibility index (Phi) is 4.27. The number of hydrogen-bond acceptors (Lipinski definition) is 3. The zero-order valence-electron chi connectivity index (χ0n) is 11.5. The molecule has 1 aliphatic rings. The fourth-order valence-electron chi connectivity index (χ4n) is 2.24. The van der Waals surface area contributed by atoms with E-state index in [-0.39, 0.29) is 6.03 Å². The fraction of sp³-hybridized carbons (Fsp3) is 0.500. The largest absolute Gasteiger partial charge is 0.508 e. The third-order valence-corrected chi connectivity index (χ3v) is 3.37. The highest BCUT2D eigenvalue weighted by atomic mass is 16.3. The van der Waals surface area contributed by atoms with Gasteiger partial charge in [0.1, 0.15) is 5.75 Å². The Balaban J connectivity index is 1.83. The van der Waals surface area contributed by atoms with Gasteiger partial charge < -0.3 is 14.9 Å². The highest BCUT2D eigenvalue weighted by Gasteiger charge is 2.21. The van der Waals surface area contributed by atoms with Gasteiger partial charge in [0, 0.05) is 46.8 Å². The van der Waals surface area contributed by atoms with Crippen molar-refractivity contribution in [1.29, 1.82) is 0 Å². The van der Waals surface area contributed by atoms with Crippen molar-refractivity contribution in [2.75, 3.05) is 40.3 Å². The molecule has 2 rings (SSSR count). The number of rotatable bonds is 2. The maximum atomic E-state index is 11.8. The van der Waals surface area contributed by atoms with E-state index in [1.54, 1.807) is 31.1 Å². The molecule has 1 saturated heterocycles. The van der Waals surface area contributed by atoms with Crippen molar-refractivity contribution in [3.63, 3.8) is 0 Å². The number of carbonyl (C=O) groups is 1. The highest BCUT2D eigenvalue weighted by Crippen LogP contribution is 2.13. The van der Waals surface area contributed by atoms with Crippen LogP contribution >= 0.6 is 0 Å². The molecule has 104 valence electrons. The Morgan fingerprint density at radius 2 is 1.74 bits per heavy atom. The van der Waals surface area contributed by atoms with Crippen LogP contribution in [0.15, 0.2) is 24.3 Å². The van der Waals surface area contributed by atoms with Gasteiger partial charge in [-0.1, -0.05) is 12.1 Å². The molecule has 0 aromatic heterocycles. The molecule has 1 N–H and O–H groups in total. The van der Waals surface area contributed by atoms with E-state index in [0.29, 0.717) is 5.75 Å². The van der Waals surface area contributed by atoms with Crippen LogP contribution in [0.4, 0.5) is 4.79 Å². The molecule has 5 nitrogen and oxygen atoms in total. The molecule has 1 aromatic rings. The Bertz CT molecular complexity index is 423. The molecule has 19 heavy (non-hydrogen) atoms. The molecule has 0 saturated carbocycles. The highest BCUT2D eigenvalue weighted by molar-refractivity contribution is 5.73. The van der Waals surface area contributed by atoms with Crippen molar-refractivity contribution in [3.8, 4) is 5.75 Å². The second kappa shape index (κ2) is 5.93. The summed E-state index contributed by atoms with van der Waals surface area (Å²) in [5, 5.41) is 9.25. The molecule has 1 heterocycles. The monoisotopic (exact) mass is 263 g/mol. The first kappa shape index (κ1) is 13.7. The number of nitrogens with zero attached hydrogens (tertiary/aromatic N) is 3. The minimum absolute atomic E-state index is 0.0873. The average Bonchev–Trinajstić information content (AvgIpc) is 2.41. The van der Waals surface area contributed by atoms with Crippen molar-refractivity contribution in [2.24, 2.45) is 0 Å². The van der Waals surface area contributed by atoms with Crippen molar-refractivity contribution < 1.29 is 9.90 Å². The van der Waals surface area contributed by atoms with E-state index < -0.39 is 0 Å². The van der Waals surface area contributed by atoms with E-state index in [9.17, 15) is 9.90 Å². The smallest absolute Gasteiger partial charge is 0.319 e. The maximum Gasteiger partial charge on any atom is 0.319 e. The molecule has 1 aromatic carbocycles. The molecule has 2 amide bonds. The summed E-state index contributed by atoms with van der Waals surface area (Å²) in [5.74, 6) is 0.296. The first-order valence-electron chi connectivity index (χ1n) is 6.53. The molecule has 0 aliphatic carbocycles. The van der Waals surface area contributed by atoms with E-state index in [4.69, 9.17) is 0 Å². The molecule has 0 bridgehead atoms. The SMILES string of the molecule is CN(C)C(=O)N1CCN(Cc2ccc(O)cc2)CC1. The van der Waals surface area contributed by atoms with Crippen molar-refractivity contribution >= 4 is 6.03 Å². The molecule has 5 heteroatoms. The van der Waals surface area contributed by atoms with Crippen LogP contribution in [-0.4, -0.2) is 66.1 Å². The van der Waals surface area contributed by atoms with Crippen LogP contribution in [0.1, 0.15) is 5.56 Å². The predicted molar refractivity (Wildman–Crippen MR) is 74.0 cm³/mol. The standard InChI is InChI=1S/C14H21N3O2/c1-15(2)14(19)17-9-7-16(8-10-17)11-12-3-5-13(18)6-4-12/h3-6,18H,7-11H2,1-2H3. The normalized spacial score (nSPS) is 16.4. The number of piperazine rings is 1. The van der Waals surface area contributed by atoms with E-state index in [2.05, 4.69) is 4.90 Å². The Morgan fingerprint density at radius 1 is 1.16 bits per heavy atom. The maximum absolute atomic E-state index is 11.8. The van der Waals surface area contributed by atoms with Gasteiger partial charge in [0.2, 0.25) is 0 Å². The summed E-state index contributed by atoms with van der Waals surface area (Å²) in [5.41, 5.74) is 1.19. The van der Waals surface area contributed by atoms with E-state index in [0.717, 1.165) is 32.7 Å². The first-order valence-corrected chi connectivity index (χ1v) is 6.53. The van der Waals surface area contributed by atoms with Gasteiger partial charge in [0.15, 0.2) is 0 Å². The molecule has 0 unspecified atom stereocenters. The Morgan fingerprint density at radius 3 is 2.26 bits per heavy atom. The van der Waals surface area contributed by atoms with Gasteiger partial charge >= 0.3 is 6.03 Å². The molecular formula is C14H21N3O2. The van der Waals surface area contributed by atoms with Crippen LogP contribution in [-0.2, 0) is 6.54 Å². The van der Waals surface area contributed by atoms with Gasteiger partial charge in [-0.15, -0.1) is 0 Å². The quantitative estimate of drug-likeness (QED) is 0.872. The first-order chi connectivity index (χ1) is 9.06. The number of aromatic hydroxyl groups is 1. The lowest BCUT2D eigenvalue weighted by atomic mass is 10.2. The lowest BCUT2D eigenvalue weighted by Gasteiger charge is -2.35. The number of phenolic OH excluding ortho intramolecular Hbond substituents is 1. The predicted octanol–water partition coefficient (Wildman–Crippen LogP) is 1.19. The van der Waals surface area contributed by atoms with Crippen LogP contribution in [0, 0.1) is 0 Å². The molecular weight excluding hydrogens is 242 g/mol. The minimum atomic E-state index is 0.0873. The van der Waals surface area contributed by atoms with E-state index in [1.165, 1.54) is 5.56 Å². The number of benzene rings is 1. The van der Waals surface area contributed by atoms with Gasteiger partial charge in [-0.2, -0.15) is 0 Å². The van der Waals surface area contributed by atoms with Crippen LogP contribution in [0.3, 0.4) is 0 Å². The van der Waals surface area contributed by atoms with Crippen LogP contribution in [0.2, 0.25) is 0 Å². The minimum Gasteiger partial charge on any atom is -0.508 e. The van der Waals surface area contributed by atoms with Crippen LogP contribution in [0.5, 0.6) is 5.75 Å². The summed E-state index contributed by atoms with van der Waals surface area (Å²) >= 11 is 0. The van der Waals surface area contributed by atoms with Crippen molar-refractivity contribution in [1.82, 2.24) is 14.7 Å². The Hall–Kier alpha value is -1.75. The molecule has 1 aliphatic heterocycles. The molecule has 1 fully saturated rings. The van der Waals surface area contributed by atoms with Gasteiger partial charge in [0.05, 0.1) is 0 Å². The average molecular weight is 263 g/mol. The van der Waals surface area contributed by atoms with Gasteiger partial charge in [-0.05, 0) is 17.7 Å². The third kappa shape index (κ3) is 3.61. The number of amides is 2. The lowest BCUT2D eigenvalue weighted by molar-refractivity contribution is 0.120. The molecule has 0 spiro atoms. The zero-order valence-corrected chi connectivity index (χ0v) is 11.5. The third-order valence-electron chi connectivity index (χ3n) is 3.37. The number of urea groups is 1.